The van der Waals surface area contributed by atoms with Gasteiger partial charge in [-0.25, -0.2) is 4.68 Å². The molecule has 0 spiro atoms. The molecule has 3 aromatic heterocycles. The third-order valence-corrected chi connectivity index (χ3v) is 4.28. The lowest BCUT2D eigenvalue weighted by Gasteiger charge is -2.03. The lowest BCUT2D eigenvalue weighted by atomic mass is 10.2. The van der Waals surface area contributed by atoms with Gasteiger partial charge in [0, 0.05) is 18.7 Å². The number of aromatic nitrogens is 4. The molecule has 1 aromatic carbocycles. The first-order chi connectivity index (χ1) is 13.7. The fourth-order valence-corrected chi connectivity index (χ4v) is 2.90. The van der Waals surface area contributed by atoms with Gasteiger partial charge in [0.2, 0.25) is 0 Å². The van der Waals surface area contributed by atoms with E-state index >= 15 is 0 Å². The molecular formula is C20H20N6O2. The highest BCUT2D eigenvalue weighted by Gasteiger charge is 2.12. The Hall–Kier alpha value is -3.81. The summed E-state index contributed by atoms with van der Waals surface area (Å²) in [6.07, 6.45) is 3.02. The van der Waals surface area contributed by atoms with Gasteiger partial charge < -0.3 is 15.5 Å². The maximum absolute atomic E-state index is 12.2. The Labute approximate surface area is 161 Å². The van der Waals surface area contributed by atoms with Crippen LogP contribution < -0.4 is 11.1 Å². The monoisotopic (exact) mass is 376 g/mol. The van der Waals surface area contributed by atoms with Crippen LogP contribution in [0.2, 0.25) is 0 Å². The van der Waals surface area contributed by atoms with E-state index in [0.29, 0.717) is 35.9 Å². The molecular weight excluding hydrogens is 356 g/mol. The number of hydrogen-bond donors (Lipinski definition) is 3. The molecule has 0 aliphatic carbocycles. The van der Waals surface area contributed by atoms with Crippen molar-refractivity contribution in [1.82, 2.24) is 25.3 Å². The van der Waals surface area contributed by atoms with Gasteiger partial charge in [-0.05, 0) is 37.1 Å². The van der Waals surface area contributed by atoms with Gasteiger partial charge in [-0.2, -0.15) is 10.2 Å². The molecule has 8 nitrogen and oxygen atoms in total. The molecule has 3 heterocycles. The van der Waals surface area contributed by atoms with E-state index in [1.165, 1.54) is 0 Å². The summed E-state index contributed by atoms with van der Waals surface area (Å²) in [6.45, 7) is 0.514. The van der Waals surface area contributed by atoms with Gasteiger partial charge >= 0.3 is 0 Å². The number of furan rings is 1. The van der Waals surface area contributed by atoms with Crippen LogP contribution in [0.5, 0.6) is 0 Å². The Bertz CT molecular complexity index is 1050. The van der Waals surface area contributed by atoms with Crippen LogP contribution in [0, 0.1) is 0 Å². The molecule has 0 radical (unpaired) electrons. The number of nitrogen functional groups attached to an aromatic ring is 1. The summed E-state index contributed by atoms with van der Waals surface area (Å²) in [6, 6.07) is 16.8. The number of amides is 1. The van der Waals surface area contributed by atoms with Gasteiger partial charge in [-0.1, -0.05) is 18.2 Å². The second-order valence-corrected chi connectivity index (χ2v) is 6.31. The molecule has 0 saturated heterocycles. The number of aromatic amines is 1. The van der Waals surface area contributed by atoms with Gasteiger partial charge in [-0.15, -0.1) is 0 Å². The molecule has 4 rings (SSSR count). The summed E-state index contributed by atoms with van der Waals surface area (Å²) < 4.78 is 7.00. The van der Waals surface area contributed by atoms with Crippen molar-refractivity contribution in [3.8, 4) is 17.1 Å². The molecule has 1 amide bonds. The topological polar surface area (TPSA) is 115 Å². The maximum Gasteiger partial charge on any atom is 0.271 e. The third kappa shape index (κ3) is 3.80. The Morgan fingerprint density at radius 2 is 2.04 bits per heavy atom. The van der Waals surface area contributed by atoms with Crippen LogP contribution in [0.15, 0.2) is 65.3 Å². The van der Waals surface area contributed by atoms with E-state index in [1.807, 2.05) is 36.4 Å². The number of nitrogens with two attached hydrogens (primary N) is 1. The van der Waals surface area contributed by atoms with Crippen molar-refractivity contribution in [3.63, 3.8) is 0 Å². The standard InChI is InChI=1S/C20H20N6O2/c21-19-12-14(25-26(19)15-7-2-1-3-8-15)6-4-10-22-20(27)17-13-16(23-24-17)18-9-5-11-28-18/h1-3,5,7-9,11-13H,4,6,10,21H2,(H,22,27)(H,23,24). The zero-order valence-electron chi connectivity index (χ0n) is 15.1. The molecule has 142 valence electrons. The van der Waals surface area contributed by atoms with Crippen molar-refractivity contribution in [2.24, 2.45) is 0 Å². The highest BCUT2D eigenvalue weighted by Crippen LogP contribution is 2.18. The quantitative estimate of drug-likeness (QED) is 0.429. The average Bonchev–Trinajstić information content (AvgIpc) is 3.46. The van der Waals surface area contributed by atoms with E-state index in [2.05, 4.69) is 20.6 Å². The molecule has 0 bridgehead atoms. The number of hydrogen-bond acceptors (Lipinski definition) is 5. The summed E-state index contributed by atoms with van der Waals surface area (Å²) >= 11 is 0. The number of H-pyrrole nitrogens is 1. The number of rotatable bonds is 7. The minimum Gasteiger partial charge on any atom is -0.463 e. The molecule has 0 aliphatic heterocycles. The summed E-state index contributed by atoms with van der Waals surface area (Å²) in [5.41, 5.74) is 8.85. The lowest BCUT2D eigenvalue weighted by molar-refractivity contribution is 0.0948. The number of carbonyl (C=O) groups is 1. The Morgan fingerprint density at radius 3 is 2.82 bits per heavy atom. The minimum absolute atomic E-state index is 0.233. The first kappa shape index (κ1) is 17.6. The first-order valence-electron chi connectivity index (χ1n) is 8.98. The second kappa shape index (κ2) is 7.83. The van der Waals surface area contributed by atoms with Gasteiger partial charge in [-0.3, -0.25) is 9.89 Å². The predicted molar refractivity (Wildman–Crippen MR) is 105 cm³/mol. The number of para-hydroxylation sites is 1. The van der Waals surface area contributed by atoms with Gasteiger partial charge in [0.25, 0.3) is 5.91 Å². The van der Waals surface area contributed by atoms with Crippen molar-refractivity contribution in [2.75, 3.05) is 12.3 Å². The second-order valence-electron chi connectivity index (χ2n) is 6.31. The fraction of sp³-hybridized carbons (Fsp3) is 0.150. The van der Waals surface area contributed by atoms with Gasteiger partial charge in [0.05, 0.1) is 17.6 Å². The normalized spacial score (nSPS) is 10.9. The Kier molecular flexibility index (Phi) is 4.92. The van der Waals surface area contributed by atoms with Crippen molar-refractivity contribution < 1.29 is 9.21 Å². The number of aryl methyl sites for hydroxylation is 1. The summed E-state index contributed by atoms with van der Waals surface area (Å²) in [4.78, 5) is 12.2. The molecule has 0 fully saturated rings. The van der Waals surface area contributed by atoms with E-state index in [0.717, 1.165) is 17.8 Å². The number of carbonyl (C=O) groups excluding carboxylic acids is 1. The Balaban J connectivity index is 1.29. The van der Waals surface area contributed by atoms with Crippen LogP contribution in [0.3, 0.4) is 0 Å². The maximum atomic E-state index is 12.2. The SMILES string of the molecule is Nc1cc(CCCNC(=O)c2cc(-c3ccco3)[nH]n2)nn1-c1ccccc1. The van der Waals surface area contributed by atoms with Crippen LogP contribution in [0.4, 0.5) is 5.82 Å². The van der Waals surface area contributed by atoms with E-state index in [9.17, 15) is 4.79 Å². The van der Waals surface area contributed by atoms with Crippen molar-refractivity contribution >= 4 is 11.7 Å². The number of nitrogens with zero attached hydrogens (tertiary/aromatic N) is 3. The van der Waals surface area contributed by atoms with Crippen LogP contribution in [-0.2, 0) is 6.42 Å². The zero-order chi connectivity index (χ0) is 19.3. The highest BCUT2D eigenvalue weighted by molar-refractivity contribution is 5.93. The number of anilines is 1. The molecule has 0 saturated carbocycles. The predicted octanol–water partition coefficient (Wildman–Crippen LogP) is 2.80. The van der Waals surface area contributed by atoms with Gasteiger partial charge in [0.1, 0.15) is 11.5 Å². The smallest absolute Gasteiger partial charge is 0.271 e. The summed E-state index contributed by atoms with van der Waals surface area (Å²) in [7, 11) is 0. The molecule has 28 heavy (non-hydrogen) atoms. The van der Waals surface area contributed by atoms with Crippen molar-refractivity contribution in [2.45, 2.75) is 12.8 Å². The Morgan fingerprint density at radius 1 is 1.18 bits per heavy atom. The average molecular weight is 376 g/mol. The minimum atomic E-state index is -0.233. The molecule has 8 heteroatoms. The third-order valence-electron chi connectivity index (χ3n) is 4.28. The number of nitrogens with one attached hydrogen (secondary N) is 2. The molecule has 0 aliphatic rings. The van der Waals surface area contributed by atoms with E-state index in [4.69, 9.17) is 10.2 Å². The highest BCUT2D eigenvalue weighted by atomic mass is 16.3. The summed E-state index contributed by atoms with van der Waals surface area (Å²) in [5, 5.41) is 14.2. The molecule has 0 unspecified atom stereocenters. The van der Waals surface area contributed by atoms with Crippen LogP contribution in [0.25, 0.3) is 17.1 Å². The van der Waals surface area contributed by atoms with Crippen LogP contribution in [-0.4, -0.2) is 32.4 Å². The first-order valence-corrected chi connectivity index (χ1v) is 8.98. The molecule has 0 atom stereocenters. The van der Waals surface area contributed by atoms with Gasteiger partial charge in [0.15, 0.2) is 11.5 Å². The molecule has 4 aromatic rings. The van der Waals surface area contributed by atoms with Crippen LogP contribution in [0.1, 0.15) is 22.6 Å². The van der Waals surface area contributed by atoms with Crippen molar-refractivity contribution in [1.29, 1.82) is 0 Å². The van der Waals surface area contributed by atoms with E-state index in [-0.39, 0.29) is 5.91 Å². The lowest BCUT2D eigenvalue weighted by Crippen LogP contribution is -2.25. The molecule has 4 N–H and O–H groups in total. The van der Waals surface area contributed by atoms with E-state index in [1.54, 1.807) is 29.1 Å². The summed E-state index contributed by atoms with van der Waals surface area (Å²) in [5.74, 6) is 0.994. The van der Waals surface area contributed by atoms with Crippen molar-refractivity contribution in [3.05, 3.63) is 72.2 Å². The fourth-order valence-electron chi connectivity index (χ4n) is 2.90. The zero-order valence-corrected chi connectivity index (χ0v) is 15.1. The van der Waals surface area contributed by atoms with Crippen LogP contribution >= 0.6 is 0 Å². The number of benzene rings is 1. The largest absolute Gasteiger partial charge is 0.463 e. The van der Waals surface area contributed by atoms with E-state index < -0.39 is 0 Å².